The van der Waals surface area contributed by atoms with Crippen molar-refractivity contribution in [3.8, 4) is 10.6 Å². The Morgan fingerprint density at radius 3 is 2.71 bits per heavy atom. The molecule has 1 atom stereocenters. The molecular weight excluding hydrogens is 320 g/mol. The van der Waals surface area contributed by atoms with Crippen molar-refractivity contribution in [3.05, 3.63) is 65.2 Å². The maximum absolute atomic E-state index is 12.8. The Bertz CT molecular complexity index is 835. The Labute approximate surface area is 144 Å². The zero-order chi connectivity index (χ0) is 16.6. The third-order valence-corrected chi connectivity index (χ3v) is 5.48. The van der Waals surface area contributed by atoms with Gasteiger partial charge in [0, 0.05) is 6.07 Å². The Hall–Kier alpha value is -2.40. The average molecular weight is 338 g/mol. The molecule has 1 fully saturated rings. The first-order valence-corrected chi connectivity index (χ1v) is 8.94. The fourth-order valence-electron chi connectivity index (χ4n) is 2.92. The molecule has 1 saturated carbocycles. The first-order valence-electron chi connectivity index (χ1n) is 8.06. The predicted molar refractivity (Wildman–Crippen MR) is 93.7 cm³/mol. The van der Waals surface area contributed by atoms with E-state index in [2.05, 4.69) is 10.5 Å². The lowest BCUT2D eigenvalue weighted by molar-refractivity contribution is -0.124. The van der Waals surface area contributed by atoms with Gasteiger partial charge in [-0.25, -0.2) is 0 Å². The standard InChI is InChI=1S/C19H18N2O2S/c1-13(14-6-3-2-4-7-14)20-18(22)19(9-10-19)17-12-15(23-21-17)16-8-5-11-24-16/h2-8,11-13H,9-10H2,1H3,(H,20,22). The molecule has 4 nitrogen and oxygen atoms in total. The van der Waals surface area contributed by atoms with Crippen LogP contribution in [-0.4, -0.2) is 11.1 Å². The Morgan fingerprint density at radius 2 is 2.04 bits per heavy atom. The molecule has 1 amide bonds. The van der Waals surface area contributed by atoms with E-state index in [1.807, 2.05) is 60.8 Å². The molecule has 1 unspecified atom stereocenters. The fourth-order valence-corrected chi connectivity index (χ4v) is 3.59. The highest BCUT2D eigenvalue weighted by Gasteiger charge is 2.54. The van der Waals surface area contributed by atoms with E-state index in [1.54, 1.807) is 11.3 Å². The van der Waals surface area contributed by atoms with Crippen molar-refractivity contribution in [1.29, 1.82) is 0 Å². The average Bonchev–Trinajstić information content (AvgIpc) is 3.02. The second-order valence-corrected chi connectivity index (χ2v) is 7.19. The second kappa shape index (κ2) is 5.91. The highest BCUT2D eigenvalue weighted by atomic mass is 32.1. The van der Waals surface area contributed by atoms with Gasteiger partial charge in [-0.1, -0.05) is 41.6 Å². The Kier molecular flexibility index (Phi) is 3.73. The smallest absolute Gasteiger partial charge is 0.232 e. The van der Waals surface area contributed by atoms with Gasteiger partial charge in [-0.3, -0.25) is 4.79 Å². The van der Waals surface area contributed by atoms with Gasteiger partial charge in [0.2, 0.25) is 5.91 Å². The SMILES string of the molecule is CC(NC(=O)C1(c2cc(-c3cccs3)on2)CC1)c1ccccc1. The maximum Gasteiger partial charge on any atom is 0.232 e. The highest BCUT2D eigenvalue weighted by molar-refractivity contribution is 7.13. The van der Waals surface area contributed by atoms with Crippen LogP contribution in [0.15, 0.2) is 58.4 Å². The van der Waals surface area contributed by atoms with Crippen LogP contribution in [0.5, 0.6) is 0 Å². The predicted octanol–water partition coefficient (Wildman–Crippen LogP) is 4.31. The van der Waals surface area contributed by atoms with E-state index in [1.165, 1.54) is 0 Å². The number of aromatic nitrogens is 1. The summed E-state index contributed by atoms with van der Waals surface area (Å²) in [4.78, 5) is 13.8. The third kappa shape index (κ3) is 2.65. The van der Waals surface area contributed by atoms with Crippen LogP contribution in [0, 0.1) is 0 Å². The zero-order valence-electron chi connectivity index (χ0n) is 13.4. The zero-order valence-corrected chi connectivity index (χ0v) is 14.2. The summed E-state index contributed by atoms with van der Waals surface area (Å²) in [5, 5.41) is 9.30. The normalized spacial score (nSPS) is 16.5. The van der Waals surface area contributed by atoms with Crippen molar-refractivity contribution in [2.24, 2.45) is 0 Å². The monoisotopic (exact) mass is 338 g/mol. The number of rotatable bonds is 5. The molecule has 5 heteroatoms. The summed E-state index contributed by atoms with van der Waals surface area (Å²) in [5.74, 6) is 0.764. The number of amides is 1. The summed E-state index contributed by atoms with van der Waals surface area (Å²) in [7, 11) is 0. The molecule has 3 aromatic rings. The molecule has 0 spiro atoms. The van der Waals surface area contributed by atoms with Crippen LogP contribution in [0.4, 0.5) is 0 Å². The Morgan fingerprint density at radius 1 is 1.25 bits per heavy atom. The number of hydrogen-bond acceptors (Lipinski definition) is 4. The number of carbonyl (C=O) groups excluding carboxylic acids is 1. The molecule has 0 bridgehead atoms. The van der Waals surface area contributed by atoms with Crippen molar-refractivity contribution < 1.29 is 9.32 Å². The van der Waals surface area contributed by atoms with Crippen LogP contribution in [0.1, 0.15) is 37.1 Å². The van der Waals surface area contributed by atoms with Crippen molar-refractivity contribution >= 4 is 17.2 Å². The molecule has 0 aliphatic heterocycles. The number of nitrogens with one attached hydrogen (secondary N) is 1. The minimum absolute atomic E-state index is 0.0279. The van der Waals surface area contributed by atoms with E-state index in [4.69, 9.17) is 4.52 Å². The lowest BCUT2D eigenvalue weighted by atomic mass is 9.99. The van der Waals surface area contributed by atoms with E-state index in [0.29, 0.717) is 0 Å². The molecule has 0 radical (unpaired) electrons. The van der Waals surface area contributed by atoms with Crippen LogP contribution < -0.4 is 5.32 Å². The number of carbonyl (C=O) groups is 1. The molecule has 0 saturated heterocycles. The molecule has 24 heavy (non-hydrogen) atoms. The Balaban J connectivity index is 1.52. The first-order chi connectivity index (χ1) is 11.7. The summed E-state index contributed by atoms with van der Waals surface area (Å²) < 4.78 is 5.46. The molecule has 1 aliphatic carbocycles. The minimum Gasteiger partial charge on any atom is -0.355 e. The van der Waals surface area contributed by atoms with Crippen molar-refractivity contribution in [1.82, 2.24) is 10.5 Å². The molecular formula is C19H18N2O2S. The van der Waals surface area contributed by atoms with Gasteiger partial charge in [0.05, 0.1) is 22.0 Å². The van der Waals surface area contributed by atoms with E-state index < -0.39 is 5.41 Å². The summed E-state index contributed by atoms with van der Waals surface area (Å²) in [5.41, 5.74) is 1.31. The topological polar surface area (TPSA) is 55.1 Å². The van der Waals surface area contributed by atoms with Crippen molar-refractivity contribution in [2.45, 2.75) is 31.2 Å². The van der Waals surface area contributed by atoms with Gasteiger partial charge in [0.15, 0.2) is 5.76 Å². The van der Waals surface area contributed by atoms with Crippen LogP contribution in [-0.2, 0) is 10.2 Å². The van der Waals surface area contributed by atoms with Gasteiger partial charge in [-0.15, -0.1) is 11.3 Å². The van der Waals surface area contributed by atoms with E-state index >= 15 is 0 Å². The van der Waals surface area contributed by atoms with Gasteiger partial charge in [0.1, 0.15) is 0 Å². The maximum atomic E-state index is 12.8. The third-order valence-electron chi connectivity index (χ3n) is 4.60. The van der Waals surface area contributed by atoms with E-state index in [-0.39, 0.29) is 11.9 Å². The van der Waals surface area contributed by atoms with E-state index in [9.17, 15) is 4.79 Å². The van der Waals surface area contributed by atoms with E-state index in [0.717, 1.165) is 34.7 Å². The van der Waals surface area contributed by atoms with Gasteiger partial charge in [-0.05, 0) is 36.8 Å². The van der Waals surface area contributed by atoms with Crippen LogP contribution in [0.3, 0.4) is 0 Å². The van der Waals surface area contributed by atoms with Crippen molar-refractivity contribution in [3.63, 3.8) is 0 Å². The molecule has 4 rings (SSSR count). The van der Waals surface area contributed by atoms with Gasteiger partial charge in [0.25, 0.3) is 0 Å². The highest BCUT2D eigenvalue weighted by Crippen LogP contribution is 2.49. The van der Waals surface area contributed by atoms with Crippen molar-refractivity contribution in [2.75, 3.05) is 0 Å². The van der Waals surface area contributed by atoms with Crippen LogP contribution >= 0.6 is 11.3 Å². The number of nitrogens with zero attached hydrogens (tertiary/aromatic N) is 1. The van der Waals surface area contributed by atoms with Gasteiger partial charge >= 0.3 is 0 Å². The molecule has 2 aromatic heterocycles. The molecule has 2 heterocycles. The molecule has 1 N–H and O–H groups in total. The van der Waals surface area contributed by atoms with Crippen LogP contribution in [0.25, 0.3) is 10.6 Å². The summed E-state index contributed by atoms with van der Waals surface area (Å²) in [6.07, 6.45) is 1.63. The first kappa shape index (κ1) is 15.1. The summed E-state index contributed by atoms with van der Waals surface area (Å²) >= 11 is 1.60. The second-order valence-electron chi connectivity index (χ2n) is 6.24. The quantitative estimate of drug-likeness (QED) is 0.754. The summed E-state index contributed by atoms with van der Waals surface area (Å²) in [6, 6.07) is 15.8. The van der Waals surface area contributed by atoms with Gasteiger partial charge < -0.3 is 9.84 Å². The largest absolute Gasteiger partial charge is 0.355 e. The lowest BCUT2D eigenvalue weighted by Crippen LogP contribution is -2.36. The lowest BCUT2D eigenvalue weighted by Gasteiger charge is -2.18. The number of hydrogen-bond donors (Lipinski definition) is 1. The molecule has 122 valence electrons. The van der Waals surface area contributed by atoms with Gasteiger partial charge in [-0.2, -0.15) is 0 Å². The number of thiophene rings is 1. The molecule has 1 aromatic carbocycles. The fraction of sp³-hybridized carbons (Fsp3) is 0.263. The summed E-state index contributed by atoms with van der Waals surface area (Å²) in [6.45, 7) is 2.00. The molecule has 1 aliphatic rings. The number of benzene rings is 1. The minimum atomic E-state index is -0.526. The van der Waals surface area contributed by atoms with Crippen LogP contribution in [0.2, 0.25) is 0 Å².